The molecule has 5 heteroatoms. The first kappa shape index (κ1) is 24.0. The minimum absolute atomic E-state index is 0.125. The SMILES string of the molecule is O=C(CCC/C=C\C[C@H]1CCCC1/C=C/CCCc1ccccc1)ON1C(=O)CCC1=O. The number of carbonyl (C=O) groups is 3. The van der Waals surface area contributed by atoms with Crippen molar-refractivity contribution in [3.8, 4) is 0 Å². The average molecular weight is 438 g/mol. The van der Waals surface area contributed by atoms with E-state index in [4.69, 9.17) is 4.84 Å². The van der Waals surface area contributed by atoms with Crippen LogP contribution in [0.4, 0.5) is 0 Å². The van der Waals surface area contributed by atoms with E-state index in [1.165, 1.54) is 31.2 Å². The summed E-state index contributed by atoms with van der Waals surface area (Å²) in [5.74, 6) is 0.0187. The second kappa shape index (κ2) is 13.0. The van der Waals surface area contributed by atoms with Crippen LogP contribution in [-0.4, -0.2) is 22.8 Å². The minimum atomic E-state index is -0.518. The predicted molar refractivity (Wildman–Crippen MR) is 124 cm³/mol. The number of imide groups is 1. The monoisotopic (exact) mass is 437 g/mol. The first-order chi connectivity index (χ1) is 15.6. The standard InChI is InChI=1S/C27H35NO4/c29-25-20-21-26(30)28(25)32-27(31)19-10-2-1-8-15-23-17-11-18-24(23)16-9-4-7-14-22-12-5-3-6-13-22/h1,3,5-6,8-9,12-13,16,23-24H,2,4,7,10-11,14-15,17-21H2/b8-1-,16-9+/t23-,24?/m0/s1. The summed E-state index contributed by atoms with van der Waals surface area (Å²) in [6.45, 7) is 0. The van der Waals surface area contributed by atoms with Gasteiger partial charge >= 0.3 is 5.97 Å². The summed E-state index contributed by atoms with van der Waals surface area (Å²) in [4.78, 5) is 39.6. The van der Waals surface area contributed by atoms with Gasteiger partial charge in [0, 0.05) is 19.3 Å². The molecule has 1 aliphatic heterocycles. The highest BCUT2D eigenvalue weighted by molar-refractivity contribution is 6.01. The largest absolute Gasteiger partial charge is 0.333 e. The van der Waals surface area contributed by atoms with Gasteiger partial charge in [-0.05, 0) is 68.8 Å². The van der Waals surface area contributed by atoms with E-state index in [0.717, 1.165) is 25.7 Å². The van der Waals surface area contributed by atoms with Crippen LogP contribution < -0.4 is 0 Å². The number of carbonyl (C=O) groups excluding carboxylic acids is 3. The highest BCUT2D eigenvalue weighted by atomic mass is 16.7. The van der Waals surface area contributed by atoms with E-state index < -0.39 is 17.8 Å². The minimum Gasteiger partial charge on any atom is -0.330 e. The molecule has 1 aliphatic carbocycles. The zero-order valence-electron chi connectivity index (χ0n) is 18.9. The molecule has 0 aromatic heterocycles. The maximum absolute atomic E-state index is 11.8. The van der Waals surface area contributed by atoms with E-state index in [0.29, 0.717) is 23.3 Å². The molecule has 2 atom stereocenters. The van der Waals surface area contributed by atoms with Crippen molar-refractivity contribution in [1.82, 2.24) is 5.06 Å². The number of rotatable bonds is 12. The van der Waals surface area contributed by atoms with E-state index in [1.807, 2.05) is 0 Å². The number of allylic oxidation sites excluding steroid dienone is 4. The molecule has 0 bridgehead atoms. The molecular weight excluding hydrogens is 402 g/mol. The quantitative estimate of drug-likeness (QED) is 0.239. The van der Waals surface area contributed by atoms with E-state index in [-0.39, 0.29) is 19.3 Å². The number of benzene rings is 1. The van der Waals surface area contributed by atoms with Gasteiger partial charge in [0.15, 0.2) is 0 Å². The lowest BCUT2D eigenvalue weighted by molar-refractivity contribution is -0.197. The van der Waals surface area contributed by atoms with Crippen LogP contribution in [0.15, 0.2) is 54.6 Å². The molecule has 1 aromatic carbocycles. The number of amides is 2. The van der Waals surface area contributed by atoms with Gasteiger partial charge in [0.2, 0.25) is 0 Å². The summed E-state index contributed by atoms with van der Waals surface area (Å²) in [7, 11) is 0. The predicted octanol–water partition coefficient (Wildman–Crippen LogP) is 5.71. The third kappa shape index (κ3) is 7.77. The molecule has 172 valence electrons. The van der Waals surface area contributed by atoms with Crippen LogP contribution in [-0.2, 0) is 25.6 Å². The van der Waals surface area contributed by atoms with Crippen molar-refractivity contribution < 1.29 is 19.2 Å². The summed E-state index contributed by atoms with van der Waals surface area (Å²) in [5, 5.41) is 0.619. The van der Waals surface area contributed by atoms with Crippen molar-refractivity contribution in [2.75, 3.05) is 0 Å². The molecule has 5 nitrogen and oxygen atoms in total. The average Bonchev–Trinajstić information content (AvgIpc) is 3.38. The van der Waals surface area contributed by atoms with Gasteiger partial charge in [-0.1, -0.05) is 61.1 Å². The van der Waals surface area contributed by atoms with Gasteiger partial charge in [-0.15, -0.1) is 5.06 Å². The third-order valence-electron chi connectivity index (χ3n) is 6.34. The van der Waals surface area contributed by atoms with Crippen LogP contribution in [0.25, 0.3) is 0 Å². The number of hydroxylamine groups is 2. The van der Waals surface area contributed by atoms with Crippen LogP contribution in [0.2, 0.25) is 0 Å². The van der Waals surface area contributed by atoms with Crippen molar-refractivity contribution in [3.63, 3.8) is 0 Å². The topological polar surface area (TPSA) is 63.7 Å². The van der Waals surface area contributed by atoms with Crippen LogP contribution in [0.5, 0.6) is 0 Å². The van der Waals surface area contributed by atoms with Crippen molar-refractivity contribution in [2.45, 2.75) is 77.0 Å². The Morgan fingerprint density at radius 1 is 0.969 bits per heavy atom. The lowest BCUT2D eigenvalue weighted by Gasteiger charge is -2.14. The van der Waals surface area contributed by atoms with Gasteiger partial charge in [-0.2, -0.15) is 0 Å². The molecule has 2 aliphatic rings. The van der Waals surface area contributed by atoms with Gasteiger partial charge in [0.25, 0.3) is 11.8 Å². The van der Waals surface area contributed by atoms with E-state index in [9.17, 15) is 14.4 Å². The number of hydrogen-bond acceptors (Lipinski definition) is 4. The van der Waals surface area contributed by atoms with Crippen molar-refractivity contribution in [3.05, 3.63) is 60.2 Å². The van der Waals surface area contributed by atoms with Gasteiger partial charge < -0.3 is 4.84 Å². The molecular formula is C27H35NO4. The number of nitrogens with zero attached hydrogens (tertiary/aromatic N) is 1. The van der Waals surface area contributed by atoms with Crippen molar-refractivity contribution >= 4 is 17.8 Å². The summed E-state index contributed by atoms with van der Waals surface area (Å²) < 4.78 is 0. The Morgan fingerprint density at radius 2 is 1.72 bits per heavy atom. The molecule has 1 saturated heterocycles. The number of hydrogen-bond donors (Lipinski definition) is 0. The maximum atomic E-state index is 11.8. The summed E-state index contributed by atoms with van der Waals surface area (Å²) >= 11 is 0. The van der Waals surface area contributed by atoms with Crippen LogP contribution in [0, 0.1) is 11.8 Å². The first-order valence-electron chi connectivity index (χ1n) is 12.1. The smallest absolute Gasteiger partial charge is 0.330 e. The molecule has 2 fully saturated rings. The molecule has 1 unspecified atom stereocenters. The van der Waals surface area contributed by atoms with Crippen LogP contribution >= 0.6 is 0 Å². The lowest BCUT2D eigenvalue weighted by atomic mass is 9.92. The zero-order chi connectivity index (χ0) is 22.6. The second-order valence-electron chi connectivity index (χ2n) is 8.81. The van der Waals surface area contributed by atoms with Crippen LogP contribution in [0.3, 0.4) is 0 Å². The van der Waals surface area contributed by atoms with E-state index in [2.05, 4.69) is 54.6 Å². The second-order valence-corrected chi connectivity index (χ2v) is 8.81. The summed E-state index contributed by atoms with van der Waals surface area (Å²) in [5.41, 5.74) is 1.41. The van der Waals surface area contributed by atoms with Crippen molar-refractivity contribution in [2.24, 2.45) is 11.8 Å². The van der Waals surface area contributed by atoms with E-state index >= 15 is 0 Å². The molecule has 32 heavy (non-hydrogen) atoms. The van der Waals surface area contributed by atoms with Crippen molar-refractivity contribution in [1.29, 1.82) is 0 Å². The highest BCUT2D eigenvalue weighted by Crippen LogP contribution is 2.35. The molecule has 0 N–H and O–H groups in total. The normalized spacial score (nSPS) is 21.3. The highest BCUT2D eigenvalue weighted by Gasteiger charge is 2.32. The Morgan fingerprint density at radius 3 is 2.50 bits per heavy atom. The van der Waals surface area contributed by atoms with E-state index in [1.54, 1.807) is 0 Å². The molecule has 3 rings (SSSR count). The van der Waals surface area contributed by atoms with Gasteiger partial charge in [0.1, 0.15) is 0 Å². The molecule has 1 heterocycles. The summed E-state index contributed by atoms with van der Waals surface area (Å²) in [6, 6.07) is 10.7. The number of unbranched alkanes of at least 4 members (excludes halogenated alkanes) is 2. The molecule has 1 aromatic rings. The Bertz CT molecular complexity index is 798. The summed E-state index contributed by atoms with van der Waals surface area (Å²) in [6.07, 6.45) is 19.5. The Kier molecular flexibility index (Phi) is 9.73. The molecule has 0 spiro atoms. The lowest BCUT2D eigenvalue weighted by Crippen LogP contribution is -2.31. The molecule has 2 amide bonds. The fraction of sp³-hybridized carbons (Fsp3) is 0.519. The fourth-order valence-electron chi connectivity index (χ4n) is 4.51. The Balaban J connectivity index is 1.27. The number of aryl methyl sites for hydroxylation is 1. The maximum Gasteiger partial charge on any atom is 0.333 e. The Hall–Kier alpha value is -2.69. The fourth-order valence-corrected chi connectivity index (χ4v) is 4.51. The zero-order valence-corrected chi connectivity index (χ0v) is 18.9. The Labute approximate surface area is 191 Å². The first-order valence-corrected chi connectivity index (χ1v) is 12.1. The van der Waals surface area contributed by atoms with Gasteiger partial charge in [0.05, 0.1) is 0 Å². The van der Waals surface area contributed by atoms with Gasteiger partial charge in [-0.25, -0.2) is 4.79 Å². The third-order valence-corrected chi connectivity index (χ3v) is 6.34. The molecule has 0 radical (unpaired) electrons. The van der Waals surface area contributed by atoms with Crippen LogP contribution in [0.1, 0.15) is 76.2 Å². The van der Waals surface area contributed by atoms with Gasteiger partial charge in [-0.3, -0.25) is 9.59 Å². The molecule has 1 saturated carbocycles.